The summed E-state index contributed by atoms with van der Waals surface area (Å²) in [6, 6.07) is 12.9. The summed E-state index contributed by atoms with van der Waals surface area (Å²) in [7, 11) is 1.57. The molecule has 0 saturated heterocycles. The number of ether oxygens (including phenoxy) is 2. The van der Waals surface area contributed by atoms with E-state index in [0.717, 1.165) is 25.0 Å². The molecule has 0 aliphatic carbocycles. The Bertz CT molecular complexity index is 1240. The number of carbonyl (C=O) groups excluding carboxylic acids is 1. The van der Waals surface area contributed by atoms with Gasteiger partial charge in [0.1, 0.15) is 0 Å². The smallest absolute Gasteiger partial charge is 0.296 e. The number of rotatable bonds is 10. The third-order valence-electron chi connectivity index (χ3n) is 6.08. The molecule has 1 unspecified atom stereocenters. The first kappa shape index (κ1) is 25.8. The lowest BCUT2D eigenvalue weighted by Gasteiger charge is -2.33. The molecule has 4 rings (SSSR count). The summed E-state index contributed by atoms with van der Waals surface area (Å²) in [5.41, 5.74) is 2.25. The molecule has 1 amide bonds. The summed E-state index contributed by atoms with van der Waals surface area (Å²) < 4.78 is 13.2. The molecular weight excluding hydrogens is 476 g/mol. The van der Waals surface area contributed by atoms with E-state index in [-0.39, 0.29) is 11.8 Å². The number of anilines is 1. The van der Waals surface area contributed by atoms with Crippen molar-refractivity contribution >= 4 is 23.4 Å². The third-order valence-corrected chi connectivity index (χ3v) is 7.00. The van der Waals surface area contributed by atoms with Crippen molar-refractivity contribution in [1.82, 2.24) is 10.1 Å². The van der Waals surface area contributed by atoms with Gasteiger partial charge >= 0.3 is 0 Å². The van der Waals surface area contributed by atoms with Gasteiger partial charge in [-0.1, -0.05) is 60.8 Å². The van der Waals surface area contributed by atoms with Gasteiger partial charge < -0.3 is 14.6 Å². The number of carbonyl (C=O) groups is 1. The number of hydrogen-bond acceptors (Lipinski definition) is 7. The quantitative estimate of drug-likeness (QED) is 0.226. The van der Waals surface area contributed by atoms with Crippen molar-refractivity contribution in [3.63, 3.8) is 0 Å². The highest BCUT2D eigenvalue weighted by Crippen LogP contribution is 2.44. The van der Waals surface area contributed by atoms with Crippen LogP contribution >= 0.6 is 11.8 Å². The van der Waals surface area contributed by atoms with E-state index in [1.165, 1.54) is 25.1 Å². The Morgan fingerprint density at radius 2 is 1.94 bits per heavy atom. The van der Waals surface area contributed by atoms with Crippen LogP contribution < -0.4 is 24.2 Å². The normalized spacial score (nSPS) is 14.2. The maximum atomic E-state index is 13.4. The number of unbranched alkanes of at least 4 members (excludes halogenated alkanes) is 3. The molecule has 2 aromatic carbocycles. The van der Waals surface area contributed by atoms with Gasteiger partial charge in [-0.15, -0.1) is 0 Å². The number of amides is 1. The number of methoxy groups -OCH3 is 1. The molecule has 0 radical (unpaired) electrons. The van der Waals surface area contributed by atoms with E-state index in [2.05, 4.69) is 11.9 Å². The second-order valence-corrected chi connectivity index (χ2v) is 9.56. The average molecular weight is 509 g/mol. The molecule has 0 fully saturated rings. The number of para-hydroxylation sites is 2. The molecule has 8 nitrogen and oxygen atoms in total. The molecule has 1 aliphatic rings. The Morgan fingerprint density at radius 1 is 1.14 bits per heavy atom. The fraction of sp³-hybridized carbons (Fsp3) is 0.407. The minimum Gasteiger partial charge on any atom is -0.854 e. The lowest BCUT2D eigenvalue weighted by atomic mass is 10.0. The standard InChI is InChI=1S/C27H32N4O4S/c1-5-7-8-11-17-36-27-28-25(33)23-19-13-9-10-15-21(19)30(18(3)32)26(31(23)29-27)20-14-12-16-22(35-6-2)24(20)34-4/h9-10,12-16,26H,5-8,11,17H2,1-4H3. The van der Waals surface area contributed by atoms with Crippen LogP contribution in [0.3, 0.4) is 0 Å². The molecule has 36 heavy (non-hydrogen) atoms. The van der Waals surface area contributed by atoms with Crippen molar-refractivity contribution in [2.24, 2.45) is 0 Å². The lowest BCUT2D eigenvalue weighted by molar-refractivity contribution is -0.764. The number of thioether (sulfide) groups is 1. The summed E-state index contributed by atoms with van der Waals surface area (Å²) in [5, 5.41) is 18.6. The monoisotopic (exact) mass is 508 g/mol. The van der Waals surface area contributed by atoms with E-state index in [0.29, 0.717) is 45.8 Å². The molecule has 0 saturated carbocycles. The fourth-order valence-corrected chi connectivity index (χ4v) is 5.36. The van der Waals surface area contributed by atoms with Gasteiger partial charge in [0.15, 0.2) is 11.5 Å². The van der Waals surface area contributed by atoms with Crippen LogP contribution in [0.25, 0.3) is 11.3 Å². The van der Waals surface area contributed by atoms with Crippen molar-refractivity contribution in [2.45, 2.75) is 57.8 Å². The molecule has 190 valence electrons. The minimum atomic E-state index is -0.752. The van der Waals surface area contributed by atoms with E-state index in [1.54, 1.807) is 16.7 Å². The highest BCUT2D eigenvalue weighted by Gasteiger charge is 2.45. The van der Waals surface area contributed by atoms with Crippen molar-refractivity contribution in [3.8, 4) is 28.6 Å². The van der Waals surface area contributed by atoms with E-state index < -0.39 is 6.17 Å². The number of benzene rings is 2. The van der Waals surface area contributed by atoms with Gasteiger partial charge in [0.25, 0.3) is 17.0 Å². The molecule has 1 aliphatic heterocycles. The molecule has 9 heteroatoms. The van der Waals surface area contributed by atoms with Crippen LogP contribution in [0, 0.1) is 0 Å². The van der Waals surface area contributed by atoms with Crippen LogP contribution in [-0.4, -0.2) is 35.5 Å². The SMILES string of the molecule is CCCCCCSc1nc([O-])c2[n+](n1)C(c1cccc(OCC)c1OC)N(C(C)=O)c1ccccc1-2. The molecule has 1 atom stereocenters. The van der Waals surface area contributed by atoms with Crippen LogP contribution in [0.5, 0.6) is 17.4 Å². The van der Waals surface area contributed by atoms with Gasteiger partial charge in [0, 0.05) is 17.8 Å². The Balaban J connectivity index is 1.90. The topological polar surface area (TPSA) is 91.5 Å². The van der Waals surface area contributed by atoms with Gasteiger partial charge in [-0.2, -0.15) is 0 Å². The molecule has 0 spiro atoms. The lowest BCUT2D eigenvalue weighted by Crippen LogP contribution is -2.58. The number of nitrogens with zero attached hydrogens (tertiary/aromatic N) is 4. The van der Waals surface area contributed by atoms with Gasteiger partial charge in [-0.05, 0) is 37.6 Å². The zero-order valence-corrected chi connectivity index (χ0v) is 22.0. The fourth-order valence-electron chi connectivity index (χ4n) is 4.53. The Morgan fingerprint density at radius 3 is 2.67 bits per heavy atom. The molecular formula is C27H32N4O4S. The van der Waals surface area contributed by atoms with Crippen LogP contribution in [0.1, 0.15) is 58.2 Å². The Hall–Kier alpha value is -3.33. The Labute approximate surface area is 216 Å². The maximum absolute atomic E-state index is 13.4. The first-order chi connectivity index (χ1) is 17.5. The average Bonchev–Trinajstić information content (AvgIpc) is 2.87. The van der Waals surface area contributed by atoms with Crippen molar-refractivity contribution in [1.29, 1.82) is 0 Å². The zero-order chi connectivity index (χ0) is 25.7. The van der Waals surface area contributed by atoms with Gasteiger partial charge in [-0.3, -0.25) is 4.79 Å². The van der Waals surface area contributed by atoms with E-state index in [9.17, 15) is 9.90 Å². The third kappa shape index (κ3) is 4.97. The van der Waals surface area contributed by atoms with Gasteiger partial charge in [0.2, 0.25) is 5.91 Å². The summed E-state index contributed by atoms with van der Waals surface area (Å²) in [5.74, 6) is 1.31. The highest BCUT2D eigenvalue weighted by molar-refractivity contribution is 7.99. The molecule has 2 heterocycles. The van der Waals surface area contributed by atoms with Crippen LogP contribution in [0.15, 0.2) is 47.6 Å². The van der Waals surface area contributed by atoms with Gasteiger partial charge in [-0.25, -0.2) is 9.88 Å². The number of fused-ring (bicyclic) bond motifs is 3. The number of hydrogen-bond donors (Lipinski definition) is 0. The zero-order valence-electron chi connectivity index (χ0n) is 21.2. The highest BCUT2D eigenvalue weighted by atomic mass is 32.2. The summed E-state index contributed by atoms with van der Waals surface area (Å²) >= 11 is 1.46. The predicted molar refractivity (Wildman–Crippen MR) is 137 cm³/mol. The number of aromatic nitrogens is 3. The van der Waals surface area contributed by atoms with Crippen molar-refractivity contribution in [3.05, 3.63) is 48.0 Å². The van der Waals surface area contributed by atoms with Crippen LogP contribution in [0.4, 0.5) is 5.69 Å². The van der Waals surface area contributed by atoms with Crippen LogP contribution in [0.2, 0.25) is 0 Å². The molecule has 3 aromatic rings. The first-order valence-corrected chi connectivity index (χ1v) is 13.3. The summed E-state index contributed by atoms with van der Waals surface area (Å²) in [4.78, 5) is 19.1. The second-order valence-electron chi connectivity index (χ2n) is 8.49. The predicted octanol–water partition coefficient (Wildman–Crippen LogP) is 4.50. The van der Waals surface area contributed by atoms with Crippen molar-refractivity contribution < 1.29 is 24.1 Å². The molecule has 0 bridgehead atoms. The van der Waals surface area contributed by atoms with Gasteiger partial charge in [0.05, 0.1) is 36.4 Å². The molecule has 1 aromatic heterocycles. The van der Waals surface area contributed by atoms with Crippen molar-refractivity contribution in [2.75, 3.05) is 24.4 Å². The second kappa shape index (κ2) is 11.6. The maximum Gasteiger partial charge on any atom is 0.296 e. The van der Waals surface area contributed by atoms with E-state index in [4.69, 9.17) is 14.6 Å². The summed E-state index contributed by atoms with van der Waals surface area (Å²) in [6.07, 6.45) is 3.73. The largest absolute Gasteiger partial charge is 0.854 e. The summed E-state index contributed by atoms with van der Waals surface area (Å²) in [6.45, 7) is 6.04. The van der Waals surface area contributed by atoms with Crippen LogP contribution in [-0.2, 0) is 4.79 Å². The molecule has 0 N–H and O–H groups in total. The minimum absolute atomic E-state index is 0.186. The Kier molecular flexibility index (Phi) is 8.30. The first-order valence-electron chi connectivity index (χ1n) is 12.3. The van der Waals surface area contributed by atoms with E-state index >= 15 is 0 Å². The van der Waals surface area contributed by atoms with E-state index in [1.807, 2.05) is 49.4 Å².